The van der Waals surface area contributed by atoms with Crippen molar-refractivity contribution in [3.8, 4) is 0 Å². The van der Waals surface area contributed by atoms with Gasteiger partial charge in [0.1, 0.15) is 6.04 Å². The van der Waals surface area contributed by atoms with Gasteiger partial charge in [-0.1, -0.05) is 0 Å². The van der Waals surface area contributed by atoms with Crippen molar-refractivity contribution >= 4 is 5.97 Å². The standard InChI is InChI=1S/C8H20N.C5H9NO2/c1-5-9(6-2,7-3)8-4;7-5(8)4-2-1-3-6-4/h5-8H2,1-4H3;4,6H,1-3H2,(H,7,8)/q+1;. The summed E-state index contributed by atoms with van der Waals surface area (Å²) in [5.41, 5.74) is 0. The maximum atomic E-state index is 10.1. The lowest BCUT2D eigenvalue weighted by molar-refractivity contribution is -0.921. The van der Waals surface area contributed by atoms with Crippen LogP contribution in [0.25, 0.3) is 0 Å². The summed E-state index contributed by atoms with van der Waals surface area (Å²) in [6.07, 6.45) is 1.78. The fourth-order valence-corrected chi connectivity index (χ4v) is 2.24. The quantitative estimate of drug-likeness (QED) is 0.725. The summed E-state index contributed by atoms with van der Waals surface area (Å²) in [6.45, 7) is 15.1. The van der Waals surface area contributed by atoms with Gasteiger partial charge in [-0.05, 0) is 47.1 Å². The normalized spacial score (nSPS) is 19.6. The zero-order valence-corrected chi connectivity index (χ0v) is 11.8. The highest BCUT2D eigenvalue weighted by molar-refractivity contribution is 5.73. The Balaban J connectivity index is 0.000000302. The first kappa shape index (κ1) is 16.4. The van der Waals surface area contributed by atoms with E-state index in [0.717, 1.165) is 19.4 Å². The van der Waals surface area contributed by atoms with Crippen LogP contribution < -0.4 is 5.32 Å². The van der Waals surface area contributed by atoms with Crippen LogP contribution in [-0.2, 0) is 4.79 Å². The minimum Gasteiger partial charge on any atom is -0.480 e. The minimum absolute atomic E-state index is 0.269. The Morgan fingerprint density at radius 2 is 1.65 bits per heavy atom. The van der Waals surface area contributed by atoms with Crippen LogP contribution in [0.2, 0.25) is 0 Å². The van der Waals surface area contributed by atoms with Crippen molar-refractivity contribution in [3.05, 3.63) is 0 Å². The number of carboxylic acid groups (broad SMARTS) is 1. The van der Waals surface area contributed by atoms with E-state index in [9.17, 15) is 4.79 Å². The SMILES string of the molecule is CC[N+](CC)(CC)CC.O=C(O)C1CCCN1. The van der Waals surface area contributed by atoms with E-state index in [1.807, 2.05) is 0 Å². The first-order chi connectivity index (χ1) is 8.05. The van der Waals surface area contributed by atoms with E-state index in [1.54, 1.807) is 0 Å². The maximum Gasteiger partial charge on any atom is 0.320 e. The molecule has 1 aliphatic rings. The summed E-state index contributed by atoms with van der Waals surface area (Å²) < 4.78 is 1.28. The molecule has 0 amide bonds. The molecule has 1 atom stereocenters. The molecule has 1 saturated heterocycles. The summed E-state index contributed by atoms with van der Waals surface area (Å²) >= 11 is 0. The Kier molecular flexibility index (Phi) is 8.17. The van der Waals surface area contributed by atoms with Gasteiger partial charge in [-0.25, -0.2) is 0 Å². The number of aliphatic carboxylic acids is 1. The number of hydrogen-bond donors (Lipinski definition) is 2. The van der Waals surface area contributed by atoms with Crippen LogP contribution in [0, 0.1) is 0 Å². The van der Waals surface area contributed by atoms with Gasteiger partial charge >= 0.3 is 5.97 Å². The van der Waals surface area contributed by atoms with Gasteiger partial charge in [0.05, 0.1) is 26.2 Å². The highest BCUT2D eigenvalue weighted by atomic mass is 16.4. The van der Waals surface area contributed by atoms with Gasteiger partial charge in [-0.15, -0.1) is 0 Å². The maximum absolute atomic E-state index is 10.1. The molecule has 1 unspecified atom stereocenters. The Hall–Kier alpha value is -0.610. The predicted molar refractivity (Wildman–Crippen MR) is 71.1 cm³/mol. The van der Waals surface area contributed by atoms with Crippen molar-refractivity contribution in [2.75, 3.05) is 32.7 Å². The number of nitrogens with zero attached hydrogens (tertiary/aromatic N) is 1. The monoisotopic (exact) mass is 245 g/mol. The molecule has 2 N–H and O–H groups in total. The minimum atomic E-state index is -0.720. The zero-order chi connectivity index (χ0) is 13.3. The molecule has 0 aromatic carbocycles. The molecule has 1 fully saturated rings. The smallest absolute Gasteiger partial charge is 0.320 e. The number of carboxylic acids is 1. The average molecular weight is 245 g/mol. The molecular weight excluding hydrogens is 216 g/mol. The predicted octanol–water partition coefficient (Wildman–Crippen LogP) is 1.71. The highest BCUT2D eigenvalue weighted by Gasteiger charge is 2.20. The molecule has 0 spiro atoms. The molecule has 0 aromatic rings. The van der Waals surface area contributed by atoms with E-state index in [1.165, 1.54) is 30.7 Å². The molecule has 0 radical (unpaired) electrons. The van der Waals surface area contributed by atoms with Crippen LogP contribution in [0.5, 0.6) is 0 Å². The van der Waals surface area contributed by atoms with E-state index in [-0.39, 0.29) is 6.04 Å². The van der Waals surface area contributed by atoms with Gasteiger partial charge in [0.25, 0.3) is 0 Å². The number of carbonyl (C=O) groups is 1. The second-order valence-electron chi connectivity index (χ2n) is 4.59. The van der Waals surface area contributed by atoms with Crippen LogP contribution in [0.15, 0.2) is 0 Å². The zero-order valence-electron chi connectivity index (χ0n) is 11.8. The molecule has 1 aliphatic heterocycles. The number of nitrogens with one attached hydrogen (secondary N) is 1. The molecule has 0 bridgehead atoms. The Morgan fingerprint density at radius 1 is 1.18 bits per heavy atom. The first-order valence-corrected chi connectivity index (χ1v) is 6.86. The topological polar surface area (TPSA) is 49.3 Å². The lowest BCUT2D eigenvalue weighted by Gasteiger charge is -2.34. The van der Waals surface area contributed by atoms with Gasteiger partial charge < -0.3 is 14.9 Å². The molecule has 0 aliphatic carbocycles. The average Bonchev–Trinajstić information content (AvgIpc) is 2.87. The lowest BCUT2D eigenvalue weighted by Crippen LogP contribution is -2.47. The van der Waals surface area contributed by atoms with Crippen LogP contribution in [0.4, 0.5) is 0 Å². The Bertz CT molecular complexity index is 192. The third-order valence-corrected chi connectivity index (χ3v) is 4.04. The van der Waals surface area contributed by atoms with Crippen molar-refractivity contribution in [3.63, 3.8) is 0 Å². The fourth-order valence-electron chi connectivity index (χ4n) is 2.24. The number of quaternary nitrogens is 1. The van der Waals surface area contributed by atoms with E-state index >= 15 is 0 Å². The summed E-state index contributed by atoms with van der Waals surface area (Å²) in [7, 11) is 0. The van der Waals surface area contributed by atoms with E-state index in [2.05, 4.69) is 33.0 Å². The van der Waals surface area contributed by atoms with Crippen LogP contribution in [0.1, 0.15) is 40.5 Å². The van der Waals surface area contributed by atoms with E-state index < -0.39 is 5.97 Å². The second kappa shape index (κ2) is 8.48. The van der Waals surface area contributed by atoms with Gasteiger partial charge in [0.2, 0.25) is 0 Å². The second-order valence-corrected chi connectivity index (χ2v) is 4.59. The van der Waals surface area contributed by atoms with Crippen LogP contribution >= 0.6 is 0 Å². The molecule has 1 rings (SSSR count). The number of rotatable bonds is 5. The molecule has 4 heteroatoms. The fraction of sp³-hybridized carbons (Fsp3) is 0.923. The molecule has 102 valence electrons. The van der Waals surface area contributed by atoms with Crippen LogP contribution in [-0.4, -0.2) is 54.3 Å². The van der Waals surface area contributed by atoms with Gasteiger partial charge in [0.15, 0.2) is 0 Å². The highest BCUT2D eigenvalue weighted by Crippen LogP contribution is 2.03. The van der Waals surface area contributed by atoms with Crippen molar-refractivity contribution in [2.45, 2.75) is 46.6 Å². The van der Waals surface area contributed by atoms with E-state index in [4.69, 9.17) is 5.11 Å². The molecule has 4 nitrogen and oxygen atoms in total. The van der Waals surface area contributed by atoms with E-state index in [0.29, 0.717) is 0 Å². The first-order valence-electron chi connectivity index (χ1n) is 6.86. The summed E-state index contributed by atoms with van der Waals surface area (Å²) in [5, 5.41) is 11.2. The molecular formula is C13H29N2O2+. The summed E-state index contributed by atoms with van der Waals surface area (Å²) in [6, 6.07) is -0.269. The lowest BCUT2D eigenvalue weighted by atomic mass is 10.2. The third kappa shape index (κ3) is 5.50. The third-order valence-electron chi connectivity index (χ3n) is 4.04. The molecule has 0 aromatic heterocycles. The van der Waals surface area contributed by atoms with Gasteiger partial charge in [-0.2, -0.15) is 0 Å². The number of hydrogen-bond acceptors (Lipinski definition) is 2. The Morgan fingerprint density at radius 3 is 1.76 bits per heavy atom. The van der Waals surface area contributed by atoms with Gasteiger partial charge in [0, 0.05) is 0 Å². The van der Waals surface area contributed by atoms with Crippen molar-refractivity contribution in [1.82, 2.24) is 5.32 Å². The van der Waals surface area contributed by atoms with Crippen LogP contribution in [0.3, 0.4) is 0 Å². The Labute approximate surface area is 106 Å². The summed E-state index contributed by atoms with van der Waals surface area (Å²) in [5.74, 6) is -0.720. The van der Waals surface area contributed by atoms with Crippen molar-refractivity contribution < 1.29 is 14.4 Å². The van der Waals surface area contributed by atoms with Crippen molar-refractivity contribution in [1.29, 1.82) is 0 Å². The largest absolute Gasteiger partial charge is 0.480 e. The van der Waals surface area contributed by atoms with Gasteiger partial charge in [-0.3, -0.25) is 4.79 Å². The van der Waals surface area contributed by atoms with Crippen molar-refractivity contribution in [2.24, 2.45) is 0 Å². The molecule has 1 heterocycles. The molecule has 0 saturated carbocycles. The summed E-state index contributed by atoms with van der Waals surface area (Å²) in [4.78, 5) is 10.1. The molecule has 17 heavy (non-hydrogen) atoms.